The van der Waals surface area contributed by atoms with Gasteiger partial charge < -0.3 is 5.11 Å². The van der Waals surface area contributed by atoms with Crippen LogP contribution in [0.1, 0.15) is 23.4 Å². The molecule has 1 atom stereocenters. The summed E-state index contributed by atoms with van der Waals surface area (Å²) in [7, 11) is 0. The molecule has 1 aromatic carbocycles. The number of alkyl halides is 1. The number of hydrogen-bond acceptors (Lipinski definition) is 2. The summed E-state index contributed by atoms with van der Waals surface area (Å²) >= 11 is 11.8. The first kappa shape index (κ1) is 11.5. The van der Waals surface area contributed by atoms with Gasteiger partial charge in [-0.3, -0.25) is 4.79 Å². The number of aliphatic hydroxyl groups is 1. The van der Waals surface area contributed by atoms with Crippen molar-refractivity contribution >= 4 is 29.0 Å². The van der Waals surface area contributed by atoms with Crippen LogP contribution >= 0.6 is 23.2 Å². The van der Waals surface area contributed by atoms with Gasteiger partial charge in [0.1, 0.15) is 5.38 Å². The number of rotatable bonds is 3. The summed E-state index contributed by atoms with van der Waals surface area (Å²) < 4.78 is 0. The van der Waals surface area contributed by atoms with Crippen molar-refractivity contribution in [3.05, 3.63) is 34.3 Å². The molecule has 4 heteroatoms. The van der Waals surface area contributed by atoms with E-state index in [1.165, 1.54) is 6.92 Å². The summed E-state index contributed by atoms with van der Waals surface area (Å²) in [5.74, 6) is -0.163. The fraction of sp³-hybridized carbons (Fsp3) is 0.300. The van der Waals surface area contributed by atoms with Crippen LogP contribution in [0.25, 0.3) is 0 Å². The second-order valence-corrected chi connectivity index (χ2v) is 3.77. The number of aliphatic hydroxyl groups excluding tert-OH is 1. The van der Waals surface area contributed by atoms with Crippen molar-refractivity contribution < 1.29 is 9.90 Å². The van der Waals surface area contributed by atoms with Gasteiger partial charge in [0.05, 0.1) is 11.6 Å². The number of ketones is 1. The number of halogens is 2. The van der Waals surface area contributed by atoms with Gasteiger partial charge in [0.2, 0.25) is 0 Å². The first-order valence-electron chi connectivity index (χ1n) is 4.10. The van der Waals surface area contributed by atoms with E-state index in [0.29, 0.717) is 16.1 Å². The molecule has 0 radical (unpaired) electrons. The first-order chi connectivity index (χ1) is 6.57. The summed E-state index contributed by atoms with van der Waals surface area (Å²) in [6.45, 7) is 1.24. The molecule has 14 heavy (non-hydrogen) atoms. The fourth-order valence-electron chi connectivity index (χ4n) is 1.14. The lowest BCUT2D eigenvalue weighted by Gasteiger charge is -2.10. The maximum absolute atomic E-state index is 11.0. The summed E-state index contributed by atoms with van der Waals surface area (Å²) in [6.07, 6.45) is 0. The first-order valence-corrected chi connectivity index (χ1v) is 4.92. The van der Waals surface area contributed by atoms with Gasteiger partial charge >= 0.3 is 0 Å². The third-order valence-electron chi connectivity index (χ3n) is 1.91. The zero-order valence-corrected chi connectivity index (χ0v) is 9.14. The van der Waals surface area contributed by atoms with Crippen molar-refractivity contribution in [1.29, 1.82) is 0 Å². The van der Waals surface area contributed by atoms with Crippen LogP contribution < -0.4 is 0 Å². The van der Waals surface area contributed by atoms with Crippen LogP contribution in [0, 0.1) is 0 Å². The molecule has 0 spiro atoms. The van der Waals surface area contributed by atoms with E-state index in [4.69, 9.17) is 28.3 Å². The van der Waals surface area contributed by atoms with Gasteiger partial charge in [-0.1, -0.05) is 29.8 Å². The van der Waals surface area contributed by atoms with Gasteiger partial charge in [0.25, 0.3) is 0 Å². The Hall–Kier alpha value is -0.570. The third-order valence-corrected chi connectivity index (χ3v) is 2.91. The highest BCUT2D eigenvalue weighted by Gasteiger charge is 2.17. The minimum atomic E-state index is -0.742. The zero-order valence-electron chi connectivity index (χ0n) is 7.63. The van der Waals surface area contributed by atoms with Crippen molar-refractivity contribution in [1.82, 2.24) is 0 Å². The van der Waals surface area contributed by atoms with Crippen LogP contribution in [-0.2, 0) is 11.4 Å². The van der Waals surface area contributed by atoms with E-state index < -0.39 is 5.38 Å². The Labute approximate surface area is 92.5 Å². The smallest absolute Gasteiger partial charge is 0.152 e. The molecule has 76 valence electrons. The van der Waals surface area contributed by atoms with Gasteiger partial charge in [0, 0.05) is 0 Å². The van der Waals surface area contributed by atoms with Crippen molar-refractivity contribution in [2.75, 3.05) is 0 Å². The lowest BCUT2D eigenvalue weighted by atomic mass is 10.1. The molecule has 0 fully saturated rings. The quantitative estimate of drug-likeness (QED) is 0.815. The Morgan fingerprint density at radius 3 is 2.71 bits per heavy atom. The third kappa shape index (κ3) is 2.27. The predicted octanol–water partition coefficient (Wildman–Crippen LogP) is 2.70. The van der Waals surface area contributed by atoms with Crippen molar-refractivity contribution in [3.8, 4) is 0 Å². The van der Waals surface area contributed by atoms with Gasteiger partial charge in [0.15, 0.2) is 5.78 Å². The fourth-order valence-corrected chi connectivity index (χ4v) is 1.67. The molecule has 0 aliphatic carbocycles. The highest BCUT2D eigenvalue weighted by Crippen LogP contribution is 2.30. The monoisotopic (exact) mass is 232 g/mol. The molecule has 0 aliphatic heterocycles. The van der Waals surface area contributed by atoms with Gasteiger partial charge in [-0.05, 0) is 18.1 Å². The molecule has 0 bridgehead atoms. The number of Topliss-reactive ketones (excluding diaryl/α,β-unsaturated/α-hetero) is 1. The van der Waals surface area contributed by atoms with E-state index in [9.17, 15) is 4.79 Å². The van der Waals surface area contributed by atoms with Crippen LogP contribution in [-0.4, -0.2) is 10.9 Å². The summed E-state index contributed by atoms with van der Waals surface area (Å²) in [5, 5.41) is 8.58. The van der Waals surface area contributed by atoms with E-state index in [-0.39, 0.29) is 12.4 Å². The van der Waals surface area contributed by atoms with Gasteiger partial charge in [-0.2, -0.15) is 0 Å². The molecule has 2 nitrogen and oxygen atoms in total. The number of carbonyl (C=O) groups is 1. The molecule has 1 unspecified atom stereocenters. The maximum atomic E-state index is 11.0. The Morgan fingerprint density at radius 2 is 2.21 bits per heavy atom. The molecule has 0 heterocycles. The van der Waals surface area contributed by atoms with Crippen molar-refractivity contribution in [2.24, 2.45) is 0 Å². The zero-order chi connectivity index (χ0) is 10.7. The molecule has 0 aliphatic rings. The van der Waals surface area contributed by atoms with Crippen molar-refractivity contribution in [3.63, 3.8) is 0 Å². The predicted molar refractivity (Wildman–Crippen MR) is 56.6 cm³/mol. The summed E-state index contributed by atoms with van der Waals surface area (Å²) in [5.41, 5.74) is 1.13. The topological polar surface area (TPSA) is 37.3 Å². The Balaban J connectivity index is 3.15. The van der Waals surface area contributed by atoms with Gasteiger partial charge in [-0.15, -0.1) is 11.6 Å². The SMILES string of the molecule is CC(=O)C(Cl)c1cccc(CO)c1Cl. The largest absolute Gasteiger partial charge is 0.392 e. The molecule has 0 amide bonds. The second-order valence-electron chi connectivity index (χ2n) is 2.95. The highest BCUT2D eigenvalue weighted by molar-refractivity contribution is 6.36. The molecule has 1 rings (SSSR count). The van der Waals surface area contributed by atoms with E-state index in [2.05, 4.69) is 0 Å². The van der Waals surface area contributed by atoms with E-state index in [0.717, 1.165) is 0 Å². The molecule has 0 saturated heterocycles. The van der Waals surface area contributed by atoms with E-state index in [1.54, 1.807) is 18.2 Å². The van der Waals surface area contributed by atoms with Crippen LogP contribution in [0.2, 0.25) is 5.02 Å². The summed E-state index contributed by atoms with van der Waals surface area (Å²) in [4.78, 5) is 11.0. The van der Waals surface area contributed by atoms with Crippen molar-refractivity contribution in [2.45, 2.75) is 18.9 Å². The molecular weight excluding hydrogens is 223 g/mol. The summed E-state index contributed by atoms with van der Waals surface area (Å²) in [6, 6.07) is 5.08. The molecule has 1 N–H and O–H groups in total. The lowest BCUT2D eigenvalue weighted by Crippen LogP contribution is -2.03. The minimum absolute atomic E-state index is 0.159. The standard InChI is InChI=1S/C10H10Cl2O2/c1-6(14)9(11)8-4-2-3-7(5-13)10(8)12/h2-4,9,13H,5H2,1H3. The van der Waals surface area contributed by atoms with Crippen LogP contribution in [0.5, 0.6) is 0 Å². The lowest BCUT2D eigenvalue weighted by molar-refractivity contribution is -0.116. The average Bonchev–Trinajstić information content (AvgIpc) is 2.17. The molecule has 0 aromatic heterocycles. The number of benzene rings is 1. The molecule has 0 saturated carbocycles. The highest BCUT2D eigenvalue weighted by atomic mass is 35.5. The average molecular weight is 233 g/mol. The molecular formula is C10H10Cl2O2. The Kier molecular flexibility index (Phi) is 3.93. The van der Waals surface area contributed by atoms with E-state index in [1.807, 2.05) is 0 Å². The van der Waals surface area contributed by atoms with E-state index >= 15 is 0 Å². The second kappa shape index (κ2) is 4.78. The minimum Gasteiger partial charge on any atom is -0.392 e. The normalized spacial score (nSPS) is 12.6. The van der Waals surface area contributed by atoms with Crippen LogP contribution in [0.15, 0.2) is 18.2 Å². The Morgan fingerprint density at radius 1 is 1.57 bits per heavy atom. The van der Waals surface area contributed by atoms with Crippen LogP contribution in [0.3, 0.4) is 0 Å². The molecule has 1 aromatic rings. The number of hydrogen-bond donors (Lipinski definition) is 1. The van der Waals surface area contributed by atoms with Gasteiger partial charge in [-0.25, -0.2) is 0 Å². The maximum Gasteiger partial charge on any atom is 0.152 e. The van der Waals surface area contributed by atoms with Crippen LogP contribution in [0.4, 0.5) is 0 Å². The Bertz CT molecular complexity index is 350. The number of carbonyl (C=O) groups excluding carboxylic acids is 1.